The lowest BCUT2D eigenvalue weighted by molar-refractivity contribution is 0.169. The lowest BCUT2D eigenvalue weighted by Crippen LogP contribution is -2.25. The number of anilines is 1. The number of aliphatic hydroxyl groups is 1. The molecule has 0 spiro atoms. The molecule has 3 rings (SSSR count). The van der Waals surface area contributed by atoms with Gasteiger partial charge in [0.1, 0.15) is 0 Å². The van der Waals surface area contributed by atoms with Crippen LogP contribution in [0, 0.1) is 6.92 Å². The lowest BCUT2D eigenvalue weighted by Gasteiger charge is -2.25. The zero-order chi connectivity index (χ0) is 16.2. The molecular weight excluding hydrogens is 286 g/mol. The molecule has 23 heavy (non-hydrogen) atoms. The summed E-state index contributed by atoms with van der Waals surface area (Å²) in [6, 6.07) is 14.3. The first-order valence-electron chi connectivity index (χ1n) is 8.11. The number of hydrogen-bond acceptors (Lipinski definition) is 3. The lowest BCUT2D eigenvalue weighted by atomic mass is 9.98. The van der Waals surface area contributed by atoms with E-state index in [-0.39, 0.29) is 0 Å². The predicted octanol–water partition coefficient (Wildman–Crippen LogP) is 3.82. The summed E-state index contributed by atoms with van der Waals surface area (Å²) in [5.74, 6) is 0. The van der Waals surface area contributed by atoms with Crippen LogP contribution in [0.3, 0.4) is 0 Å². The standard InChI is InChI=1S/C19H23N3O/c1-3-22(15-7-5-4-6-8-15)12-11-19(23)16-9-10-18-17(14(16)2)13-20-21-18/h4-10,13,19,23H,3,11-12H2,1-2H3,(H,20,21). The zero-order valence-electron chi connectivity index (χ0n) is 13.7. The highest BCUT2D eigenvalue weighted by atomic mass is 16.3. The minimum absolute atomic E-state index is 0.466. The van der Waals surface area contributed by atoms with E-state index < -0.39 is 6.10 Å². The molecule has 0 saturated carbocycles. The van der Waals surface area contributed by atoms with Gasteiger partial charge in [-0.05, 0) is 49.6 Å². The van der Waals surface area contributed by atoms with Crippen molar-refractivity contribution in [1.82, 2.24) is 10.2 Å². The number of benzene rings is 2. The van der Waals surface area contributed by atoms with Crippen molar-refractivity contribution in [1.29, 1.82) is 0 Å². The van der Waals surface area contributed by atoms with Gasteiger partial charge in [0.05, 0.1) is 17.8 Å². The average Bonchev–Trinajstić information content (AvgIpc) is 3.06. The van der Waals surface area contributed by atoms with Crippen molar-refractivity contribution in [3.8, 4) is 0 Å². The van der Waals surface area contributed by atoms with Crippen LogP contribution in [0.4, 0.5) is 5.69 Å². The molecule has 0 saturated heterocycles. The number of aromatic nitrogens is 2. The van der Waals surface area contributed by atoms with E-state index >= 15 is 0 Å². The van der Waals surface area contributed by atoms with E-state index in [9.17, 15) is 5.11 Å². The number of aliphatic hydroxyl groups excluding tert-OH is 1. The van der Waals surface area contributed by atoms with Crippen molar-refractivity contribution in [2.24, 2.45) is 0 Å². The normalized spacial score (nSPS) is 12.5. The summed E-state index contributed by atoms with van der Waals surface area (Å²) in [6.45, 7) is 5.94. The van der Waals surface area contributed by atoms with Crippen molar-refractivity contribution in [3.05, 3.63) is 59.8 Å². The van der Waals surface area contributed by atoms with Crippen molar-refractivity contribution < 1.29 is 5.11 Å². The number of nitrogens with one attached hydrogen (secondary N) is 1. The quantitative estimate of drug-likeness (QED) is 0.728. The van der Waals surface area contributed by atoms with Crippen LogP contribution in [0.1, 0.15) is 30.6 Å². The summed E-state index contributed by atoms with van der Waals surface area (Å²) < 4.78 is 0. The number of aryl methyl sites for hydroxylation is 1. The summed E-state index contributed by atoms with van der Waals surface area (Å²) in [4.78, 5) is 2.29. The molecule has 0 bridgehead atoms. The molecule has 0 radical (unpaired) electrons. The molecule has 120 valence electrons. The number of nitrogens with zero attached hydrogens (tertiary/aromatic N) is 2. The highest BCUT2D eigenvalue weighted by Crippen LogP contribution is 2.27. The highest BCUT2D eigenvalue weighted by molar-refractivity contribution is 5.82. The molecule has 1 unspecified atom stereocenters. The van der Waals surface area contributed by atoms with Crippen LogP contribution in [-0.2, 0) is 0 Å². The van der Waals surface area contributed by atoms with Gasteiger partial charge in [-0.3, -0.25) is 5.10 Å². The van der Waals surface area contributed by atoms with Gasteiger partial charge in [-0.2, -0.15) is 5.10 Å². The Morgan fingerprint density at radius 3 is 2.70 bits per heavy atom. The van der Waals surface area contributed by atoms with E-state index in [2.05, 4.69) is 34.2 Å². The zero-order valence-corrected chi connectivity index (χ0v) is 13.7. The van der Waals surface area contributed by atoms with E-state index in [0.29, 0.717) is 6.42 Å². The topological polar surface area (TPSA) is 52.1 Å². The SMILES string of the molecule is CCN(CCC(O)c1ccc2[nH]ncc2c1C)c1ccccc1. The van der Waals surface area contributed by atoms with E-state index in [1.807, 2.05) is 43.5 Å². The largest absolute Gasteiger partial charge is 0.388 e. The number of para-hydroxylation sites is 1. The molecule has 0 aliphatic heterocycles. The van der Waals surface area contributed by atoms with Gasteiger partial charge < -0.3 is 10.0 Å². The fourth-order valence-electron chi connectivity index (χ4n) is 3.08. The minimum atomic E-state index is -0.466. The fourth-order valence-corrected chi connectivity index (χ4v) is 3.08. The Labute approximate surface area is 136 Å². The molecule has 0 fully saturated rings. The number of hydrogen-bond donors (Lipinski definition) is 2. The van der Waals surface area contributed by atoms with Crippen LogP contribution in [0.5, 0.6) is 0 Å². The summed E-state index contributed by atoms with van der Waals surface area (Å²) in [5, 5.41) is 18.8. The van der Waals surface area contributed by atoms with Crippen molar-refractivity contribution >= 4 is 16.6 Å². The average molecular weight is 309 g/mol. The first-order chi connectivity index (χ1) is 11.2. The summed E-state index contributed by atoms with van der Waals surface area (Å²) in [7, 11) is 0. The third-order valence-electron chi connectivity index (χ3n) is 4.47. The predicted molar refractivity (Wildman–Crippen MR) is 94.7 cm³/mol. The monoisotopic (exact) mass is 309 g/mol. The molecular formula is C19H23N3O. The third kappa shape index (κ3) is 3.22. The number of fused-ring (bicyclic) bond motifs is 1. The second-order valence-corrected chi connectivity index (χ2v) is 5.83. The van der Waals surface area contributed by atoms with Crippen molar-refractivity contribution in [3.63, 3.8) is 0 Å². The maximum Gasteiger partial charge on any atom is 0.0809 e. The second-order valence-electron chi connectivity index (χ2n) is 5.83. The Kier molecular flexibility index (Phi) is 4.63. The summed E-state index contributed by atoms with van der Waals surface area (Å²) in [6.07, 6.45) is 2.06. The minimum Gasteiger partial charge on any atom is -0.388 e. The Morgan fingerprint density at radius 1 is 1.17 bits per heavy atom. The summed E-state index contributed by atoms with van der Waals surface area (Å²) in [5.41, 5.74) is 4.30. The van der Waals surface area contributed by atoms with Crippen LogP contribution in [-0.4, -0.2) is 28.4 Å². The fraction of sp³-hybridized carbons (Fsp3) is 0.316. The molecule has 2 aromatic carbocycles. The first-order valence-corrected chi connectivity index (χ1v) is 8.11. The molecule has 4 heteroatoms. The molecule has 0 amide bonds. The number of H-pyrrole nitrogens is 1. The van der Waals surface area contributed by atoms with Crippen LogP contribution in [0.15, 0.2) is 48.7 Å². The molecule has 1 heterocycles. The van der Waals surface area contributed by atoms with E-state index in [4.69, 9.17) is 0 Å². The molecule has 0 aliphatic rings. The van der Waals surface area contributed by atoms with Gasteiger partial charge in [-0.25, -0.2) is 0 Å². The van der Waals surface area contributed by atoms with E-state index in [1.54, 1.807) is 0 Å². The van der Waals surface area contributed by atoms with Gasteiger partial charge in [0.15, 0.2) is 0 Å². The van der Waals surface area contributed by atoms with Gasteiger partial charge in [0.25, 0.3) is 0 Å². The van der Waals surface area contributed by atoms with Gasteiger partial charge in [0.2, 0.25) is 0 Å². The smallest absolute Gasteiger partial charge is 0.0809 e. The third-order valence-corrected chi connectivity index (χ3v) is 4.47. The maximum atomic E-state index is 10.6. The van der Waals surface area contributed by atoms with E-state index in [0.717, 1.165) is 35.1 Å². The Balaban J connectivity index is 1.72. The number of aromatic amines is 1. The molecule has 2 N–H and O–H groups in total. The van der Waals surface area contributed by atoms with Crippen LogP contribution < -0.4 is 4.90 Å². The van der Waals surface area contributed by atoms with Gasteiger partial charge in [-0.1, -0.05) is 24.3 Å². The maximum absolute atomic E-state index is 10.6. The van der Waals surface area contributed by atoms with Crippen molar-refractivity contribution in [2.75, 3.05) is 18.0 Å². The molecule has 1 atom stereocenters. The van der Waals surface area contributed by atoms with E-state index in [1.165, 1.54) is 5.69 Å². The highest BCUT2D eigenvalue weighted by Gasteiger charge is 2.15. The van der Waals surface area contributed by atoms with Crippen LogP contribution in [0.25, 0.3) is 10.9 Å². The van der Waals surface area contributed by atoms with Crippen LogP contribution in [0.2, 0.25) is 0 Å². The molecule has 4 nitrogen and oxygen atoms in total. The molecule has 1 aromatic heterocycles. The number of rotatable bonds is 6. The Hall–Kier alpha value is -2.33. The van der Waals surface area contributed by atoms with Crippen molar-refractivity contribution in [2.45, 2.75) is 26.4 Å². The first kappa shape index (κ1) is 15.6. The second kappa shape index (κ2) is 6.84. The Bertz CT molecular complexity index is 767. The summed E-state index contributed by atoms with van der Waals surface area (Å²) >= 11 is 0. The molecule has 3 aromatic rings. The van der Waals surface area contributed by atoms with Gasteiger partial charge >= 0.3 is 0 Å². The Morgan fingerprint density at radius 2 is 1.96 bits per heavy atom. The van der Waals surface area contributed by atoms with Gasteiger partial charge in [0, 0.05) is 24.2 Å². The van der Waals surface area contributed by atoms with Crippen LogP contribution >= 0.6 is 0 Å². The van der Waals surface area contributed by atoms with Gasteiger partial charge in [-0.15, -0.1) is 0 Å². The molecule has 0 aliphatic carbocycles.